The van der Waals surface area contributed by atoms with Gasteiger partial charge in [-0.25, -0.2) is 0 Å². The number of fused-ring (bicyclic) bond motifs is 2. The highest BCUT2D eigenvalue weighted by molar-refractivity contribution is 5.90. The van der Waals surface area contributed by atoms with E-state index in [0.717, 1.165) is 27.9 Å². The van der Waals surface area contributed by atoms with Crippen LogP contribution in [-0.2, 0) is 5.41 Å². The van der Waals surface area contributed by atoms with E-state index in [1.54, 1.807) is 6.26 Å². The fourth-order valence-electron chi connectivity index (χ4n) is 3.51. The molecule has 0 saturated heterocycles. The molecule has 2 heteroatoms. The first-order chi connectivity index (χ1) is 11.8. The molecular weight excluding hydrogens is 308 g/mol. The van der Waals surface area contributed by atoms with Gasteiger partial charge in [0, 0.05) is 21.9 Å². The molecule has 2 aromatic heterocycles. The fourth-order valence-corrected chi connectivity index (χ4v) is 3.51. The summed E-state index contributed by atoms with van der Waals surface area (Å²) in [6, 6.07) is 14.9. The predicted molar refractivity (Wildman–Crippen MR) is 104 cm³/mol. The fraction of sp³-hybridized carbons (Fsp3) is 0.304. The Kier molecular flexibility index (Phi) is 3.54. The summed E-state index contributed by atoms with van der Waals surface area (Å²) in [6.45, 7) is 11.1. The Bertz CT molecular complexity index is 1050. The maximum atomic E-state index is 6.21. The van der Waals surface area contributed by atoms with Crippen molar-refractivity contribution in [2.75, 3.05) is 0 Å². The van der Waals surface area contributed by atoms with Crippen molar-refractivity contribution in [2.45, 2.75) is 46.0 Å². The Morgan fingerprint density at radius 3 is 2.48 bits per heavy atom. The zero-order valence-corrected chi connectivity index (χ0v) is 15.5. The largest absolute Gasteiger partial charge is 0.464 e. The highest BCUT2D eigenvalue weighted by Gasteiger charge is 2.21. The zero-order chi connectivity index (χ0) is 17.8. The third-order valence-corrected chi connectivity index (χ3v) is 4.86. The molecule has 0 spiro atoms. The molecule has 0 aliphatic heterocycles. The molecule has 0 amide bonds. The molecule has 25 heavy (non-hydrogen) atoms. The Labute approximate surface area is 148 Å². The van der Waals surface area contributed by atoms with Crippen molar-refractivity contribution in [1.29, 1.82) is 0 Å². The maximum Gasteiger partial charge on any atom is 0.137 e. The summed E-state index contributed by atoms with van der Waals surface area (Å²) >= 11 is 0. The normalized spacial score (nSPS) is 12.6. The van der Waals surface area contributed by atoms with E-state index in [1.807, 2.05) is 12.1 Å². The first kappa shape index (κ1) is 16.0. The quantitative estimate of drug-likeness (QED) is 0.386. The molecule has 128 valence electrons. The number of furan rings is 2. The van der Waals surface area contributed by atoms with Crippen LogP contribution in [0.25, 0.3) is 33.3 Å². The molecular formula is C23H24O2. The number of benzene rings is 2. The van der Waals surface area contributed by atoms with Crippen LogP contribution in [0.15, 0.2) is 57.6 Å². The van der Waals surface area contributed by atoms with Gasteiger partial charge in [0.05, 0.1) is 6.26 Å². The van der Waals surface area contributed by atoms with Crippen molar-refractivity contribution in [3.63, 3.8) is 0 Å². The van der Waals surface area contributed by atoms with E-state index in [0.29, 0.717) is 5.92 Å². The Hall–Kier alpha value is -2.48. The molecule has 0 N–H and O–H groups in total. The lowest BCUT2D eigenvalue weighted by Gasteiger charge is -2.20. The summed E-state index contributed by atoms with van der Waals surface area (Å²) in [4.78, 5) is 0. The van der Waals surface area contributed by atoms with Crippen molar-refractivity contribution in [3.05, 3.63) is 59.9 Å². The van der Waals surface area contributed by atoms with Crippen molar-refractivity contribution < 1.29 is 8.83 Å². The molecule has 0 fully saturated rings. The molecule has 2 aromatic carbocycles. The van der Waals surface area contributed by atoms with E-state index in [2.05, 4.69) is 65.0 Å². The van der Waals surface area contributed by atoms with E-state index in [4.69, 9.17) is 8.83 Å². The van der Waals surface area contributed by atoms with Gasteiger partial charge in [-0.15, -0.1) is 0 Å². The van der Waals surface area contributed by atoms with Gasteiger partial charge in [0.25, 0.3) is 0 Å². The molecule has 0 saturated carbocycles. The van der Waals surface area contributed by atoms with Crippen LogP contribution in [-0.4, -0.2) is 0 Å². The second-order valence-corrected chi connectivity index (χ2v) is 8.14. The lowest BCUT2D eigenvalue weighted by Crippen LogP contribution is -2.11. The van der Waals surface area contributed by atoms with Crippen LogP contribution in [0.4, 0.5) is 0 Å². The molecule has 4 aromatic rings. The van der Waals surface area contributed by atoms with Crippen molar-refractivity contribution in [1.82, 2.24) is 0 Å². The van der Waals surface area contributed by atoms with Crippen LogP contribution in [0, 0.1) is 0 Å². The highest BCUT2D eigenvalue weighted by Crippen LogP contribution is 2.38. The molecule has 0 atom stereocenters. The summed E-state index contributed by atoms with van der Waals surface area (Å²) in [6.07, 6.45) is 1.76. The van der Waals surface area contributed by atoms with Gasteiger partial charge in [0.2, 0.25) is 0 Å². The van der Waals surface area contributed by atoms with Crippen LogP contribution < -0.4 is 0 Å². The lowest BCUT2D eigenvalue weighted by atomic mass is 9.84. The molecule has 0 unspecified atom stereocenters. The average molecular weight is 332 g/mol. The molecule has 2 heterocycles. The molecule has 2 nitrogen and oxygen atoms in total. The Morgan fingerprint density at radius 2 is 1.76 bits per heavy atom. The minimum Gasteiger partial charge on any atom is -0.464 e. The Balaban J connectivity index is 1.96. The van der Waals surface area contributed by atoms with Crippen molar-refractivity contribution >= 4 is 21.9 Å². The second kappa shape index (κ2) is 5.52. The first-order valence-electron chi connectivity index (χ1n) is 8.89. The van der Waals surface area contributed by atoms with Crippen LogP contribution in [0.5, 0.6) is 0 Å². The summed E-state index contributed by atoms with van der Waals surface area (Å²) in [7, 11) is 0. The highest BCUT2D eigenvalue weighted by atomic mass is 16.3. The first-order valence-corrected chi connectivity index (χ1v) is 8.89. The summed E-state index contributed by atoms with van der Waals surface area (Å²) in [5, 5.41) is 2.32. The molecule has 0 radical (unpaired) electrons. The van der Waals surface area contributed by atoms with Gasteiger partial charge >= 0.3 is 0 Å². The number of hydrogen-bond acceptors (Lipinski definition) is 2. The average Bonchev–Trinajstić information content (AvgIpc) is 3.18. The Morgan fingerprint density at radius 1 is 0.960 bits per heavy atom. The zero-order valence-electron chi connectivity index (χ0n) is 15.5. The number of rotatable bonds is 2. The van der Waals surface area contributed by atoms with Gasteiger partial charge in [0.15, 0.2) is 0 Å². The molecule has 0 aliphatic rings. The monoisotopic (exact) mass is 332 g/mol. The standard InChI is InChI=1S/C23H24O2/c1-14(2)17-7-6-8-20-18(17)13-21(25-20)16-11-15-9-10-24-22(15)19(12-16)23(3,4)5/h6-14H,1-5H3. The third kappa shape index (κ3) is 2.66. The minimum absolute atomic E-state index is 0.00121. The lowest BCUT2D eigenvalue weighted by molar-refractivity contribution is 0.558. The molecule has 4 rings (SSSR count). The smallest absolute Gasteiger partial charge is 0.137 e. The van der Waals surface area contributed by atoms with Gasteiger partial charge in [-0.1, -0.05) is 46.8 Å². The SMILES string of the molecule is CC(C)c1cccc2oc(-c3cc(C(C)(C)C)c4occc4c3)cc12. The van der Waals surface area contributed by atoms with Crippen LogP contribution in [0.3, 0.4) is 0 Å². The van der Waals surface area contributed by atoms with Crippen LogP contribution in [0.2, 0.25) is 0 Å². The van der Waals surface area contributed by atoms with Gasteiger partial charge in [-0.2, -0.15) is 0 Å². The van der Waals surface area contributed by atoms with E-state index in [9.17, 15) is 0 Å². The van der Waals surface area contributed by atoms with Crippen molar-refractivity contribution in [3.8, 4) is 11.3 Å². The second-order valence-electron chi connectivity index (χ2n) is 8.14. The molecule has 0 bridgehead atoms. The van der Waals surface area contributed by atoms with E-state index in [1.165, 1.54) is 16.5 Å². The molecule has 0 aliphatic carbocycles. The summed E-state index contributed by atoms with van der Waals surface area (Å²) in [5.74, 6) is 1.38. The number of hydrogen-bond donors (Lipinski definition) is 0. The topological polar surface area (TPSA) is 26.3 Å². The van der Waals surface area contributed by atoms with Crippen LogP contribution >= 0.6 is 0 Å². The van der Waals surface area contributed by atoms with E-state index < -0.39 is 0 Å². The third-order valence-electron chi connectivity index (χ3n) is 4.86. The predicted octanol–water partition coefficient (Wildman–Crippen LogP) is 7.27. The van der Waals surface area contributed by atoms with E-state index >= 15 is 0 Å². The van der Waals surface area contributed by atoms with Crippen LogP contribution in [0.1, 0.15) is 51.7 Å². The van der Waals surface area contributed by atoms with E-state index in [-0.39, 0.29) is 5.41 Å². The van der Waals surface area contributed by atoms with Gasteiger partial charge < -0.3 is 8.83 Å². The maximum absolute atomic E-state index is 6.21. The minimum atomic E-state index is 0.00121. The summed E-state index contributed by atoms with van der Waals surface area (Å²) < 4.78 is 12.0. The van der Waals surface area contributed by atoms with Gasteiger partial charge in [0.1, 0.15) is 16.9 Å². The van der Waals surface area contributed by atoms with Gasteiger partial charge in [-0.05, 0) is 47.2 Å². The van der Waals surface area contributed by atoms with Gasteiger partial charge in [-0.3, -0.25) is 0 Å². The van der Waals surface area contributed by atoms with Crippen molar-refractivity contribution in [2.24, 2.45) is 0 Å². The summed E-state index contributed by atoms with van der Waals surface area (Å²) in [5.41, 5.74) is 5.55.